The van der Waals surface area contributed by atoms with E-state index in [0.29, 0.717) is 18.2 Å². The monoisotopic (exact) mass is 393 g/mol. The Morgan fingerprint density at radius 3 is 2.57 bits per heavy atom. The van der Waals surface area contributed by atoms with Crippen molar-refractivity contribution in [2.75, 3.05) is 6.54 Å². The molecule has 144 valence electrons. The standard InChI is InChI=1S/C24H24ClNO2/c1-2-16-26-23(27)21-10-6-7-11-22(21)24(26,19-12-14-20(25)15-13-19)28-17-18-8-4-3-5-9-18/h3-6,8-10,12-15H,2,7,11,16-17H2,1H3. The molecule has 1 atom stereocenters. The number of amides is 1. The van der Waals surface area contributed by atoms with Gasteiger partial charge in [0.05, 0.1) is 6.61 Å². The Morgan fingerprint density at radius 1 is 1.11 bits per heavy atom. The first-order chi connectivity index (χ1) is 13.7. The van der Waals surface area contributed by atoms with Gasteiger partial charge in [0, 0.05) is 22.7 Å². The summed E-state index contributed by atoms with van der Waals surface area (Å²) in [7, 11) is 0. The van der Waals surface area contributed by atoms with Crippen LogP contribution in [-0.2, 0) is 21.9 Å². The first-order valence-electron chi connectivity index (χ1n) is 9.83. The maximum atomic E-state index is 13.3. The van der Waals surface area contributed by atoms with Gasteiger partial charge < -0.3 is 9.64 Å². The van der Waals surface area contributed by atoms with Gasteiger partial charge in [0.2, 0.25) is 0 Å². The fourth-order valence-electron chi connectivity index (χ4n) is 4.17. The third-order valence-corrected chi connectivity index (χ3v) is 5.66. The van der Waals surface area contributed by atoms with E-state index in [0.717, 1.165) is 41.5 Å². The van der Waals surface area contributed by atoms with E-state index in [2.05, 4.69) is 13.0 Å². The van der Waals surface area contributed by atoms with Gasteiger partial charge in [-0.25, -0.2) is 0 Å². The largest absolute Gasteiger partial charge is 0.343 e. The molecule has 1 unspecified atom stereocenters. The molecule has 2 aliphatic rings. The lowest BCUT2D eigenvalue weighted by Gasteiger charge is -2.41. The highest BCUT2D eigenvalue weighted by Gasteiger charge is 2.52. The summed E-state index contributed by atoms with van der Waals surface area (Å²) in [6.45, 7) is 3.15. The topological polar surface area (TPSA) is 29.5 Å². The minimum atomic E-state index is -0.881. The average molecular weight is 394 g/mol. The molecule has 0 fully saturated rings. The van der Waals surface area contributed by atoms with Crippen LogP contribution in [-0.4, -0.2) is 17.4 Å². The summed E-state index contributed by atoms with van der Waals surface area (Å²) in [5.41, 5.74) is 3.00. The van der Waals surface area contributed by atoms with Crippen molar-refractivity contribution in [3.8, 4) is 0 Å². The molecule has 0 saturated heterocycles. The van der Waals surface area contributed by atoms with Gasteiger partial charge in [-0.05, 0) is 42.5 Å². The van der Waals surface area contributed by atoms with Crippen molar-refractivity contribution in [2.24, 2.45) is 0 Å². The molecule has 1 heterocycles. The lowest BCUT2D eigenvalue weighted by Crippen LogP contribution is -2.48. The molecule has 1 aliphatic heterocycles. The Balaban J connectivity index is 1.84. The molecule has 0 N–H and O–H groups in total. The molecule has 1 aliphatic carbocycles. The van der Waals surface area contributed by atoms with E-state index < -0.39 is 5.72 Å². The number of carbonyl (C=O) groups is 1. The van der Waals surface area contributed by atoms with Gasteiger partial charge in [0.15, 0.2) is 5.72 Å². The molecule has 2 aromatic rings. The zero-order valence-corrected chi connectivity index (χ0v) is 16.8. The maximum absolute atomic E-state index is 13.3. The van der Waals surface area contributed by atoms with E-state index in [1.807, 2.05) is 65.6 Å². The Bertz CT molecular complexity index is 917. The van der Waals surface area contributed by atoms with Crippen LogP contribution < -0.4 is 0 Å². The molecular weight excluding hydrogens is 370 g/mol. The second-order valence-electron chi connectivity index (χ2n) is 7.22. The number of ether oxygens (including phenoxy) is 1. The zero-order valence-electron chi connectivity index (χ0n) is 16.0. The van der Waals surface area contributed by atoms with Gasteiger partial charge in [0.1, 0.15) is 0 Å². The summed E-state index contributed by atoms with van der Waals surface area (Å²) in [5.74, 6) is 0.0517. The van der Waals surface area contributed by atoms with Crippen LogP contribution in [0.1, 0.15) is 37.3 Å². The Kier molecular flexibility index (Phi) is 5.38. The van der Waals surface area contributed by atoms with Gasteiger partial charge in [-0.2, -0.15) is 0 Å². The van der Waals surface area contributed by atoms with Crippen LogP contribution >= 0.6 is 11.6 Å². The summed E-state index contributed by atoms with van der Waals surface area (Å²) < 4.78 is 6.68. The Morgan fingerprint density at radius 2 is 1.86 bits per heavy atom. The number of carbonyl (C=O) groups excluding carboxylic acids is 1. The first-order valence-corrected chi connectivity index (χ1v) is 10.2. The highest BCUT2D eigenvalue weighted by atomic mass is 35.5. The maximum Gasteiger partial charge on any atom is 0.256 e. The second kappa shape index (κ2) is 7.94. The van der Waals surface area contributed by atoms with Crippen molar-refractivity contribution < 1.29 is 9.53 Å². The zero-order chi connectivity index (χ0) is 19.6. The summed E-state index contributed by atoms with van der Waals surface area (Å²) in [6, 6.07) is 17.8. The molecule has 1 amide bonds. The van der Waals surface area contributed by atoms with E-state index in [4.69, 9.17) is 16.3 Å². The highest BCUT2D eigenvalue weighted by Crippen LogP contribution is 2.49. The van der Waals surface area contributed by atoms with Crippen LogP contribution in [0.25, 0.3) is 0 Å². The number of halogens is 1. The van der Waals surface area contributed by atoms with Gasteiger partial charge in [-0.3, -0.25) is 4.79 Å². The van der Waals surface area contributed by atoms with Gasteiger partial charge in [0.25, 0.3) is 5.91 Å². The van der Waals surface area contributed by atoms with Crippen molar-refractivity contribution in [3.63, 3.8) is 0 Å². The molecule has 0 bridgehead atoms. The smallest absolute Gasteiger partial charge is 0.256 e. The van der Waals surface area contributed by atoms with Crippen LogP contribution in [0.5, 0.6) is 0 Å². The number of benzene rings is 2. The SMILES string of the molecule is CCCN1C(=O)C2=C(CCC=C2)C1(OCc1ccccc1)c1ccc(Cl)cc1. The summed E-state index contributed by atoms with van der Waals surface area (Å²) in [6.07, 6.45) is 6.63. The van der Waals surface area contributed by atoms with Crippen molar-refractivity contribution >= 4 is 17.5 Å². The Hall–Kier alpha value is -2.36. The normalized spacial score (nSPS) is 21.4. The lowest BCUT2D eigenvalue weighted by atomic mass is 9.87. The van der Waals surface area contributed by atoms with E-state index in [1.54, 1.807) is 0 Å². The molecular formula is C24H24ClNO2. The third-order valence-electron chi connectivity index (χ3n) is 5.41. The van der Waals surface area contributed by atoms with Crippen molar-refractivity contribution in [3.05, 3.63) is 94.0 Å². The fourth-order valence-corrected chi connectivity index (χ4v) is 4.29. The van der Waals surface area contributed by atoms with Gasteiger partial charge >= 0.3 is 0 Å². The highest BCUT2D eigenvalue weighted by molar-refractivity contribution is 6.30. The minimum Gasteiger partial charge on any atom is -0.343 e. The number of allylic oxidation sites excluding steroid dienone is 1. The number of rotatable bonds is 6. The predicted molar refractivity (Wildman–Crippen MR) is 112 cm³/mol. The molecule has 0 spiro atoms. The average Bonchev–Trinajstić information content (AvgIpc) is 2.97. The first kappa shape index (κ1) is 19.0. The molecule has 0 saturated carbocycles. The molecule has 4 heteroatoms. The van der Waals surface area contributed by atoms with Crippen molar-refractivity contribution in [1.82, 2.24) is 4.90 Å². The van der Waals surface area contributed by atoms with Gasteiger partial charge in [-0.15, -0.1) is 0 Å². The second-order valence-corrected chi connectivity index (χ2v) is 7.65. The van der Waals surface area contributed by atoms with Crippen LogP contribution in [0.4, 0.5) is 0 Å². The van der Waals surface area contributed by atoms with E-state index in [9.17, 15) is 4.79 Å². The predicted octanol–water partition coefficient (Wildman–Crippen LogP) is 5.61. The van der Waals surface area contributed by atoms with E-state index >= 15 is 0 Å². The fraction of sp³-hybridized carbons (Fsp3) is 0.292. The molecule has 4 rings (SSSR count). The van der Waals surface area contributed by atoms with Crippen LogP contribution in [0, 0.1) is 0 Å². The van der Waals surface area contributed by atoms with Gasteiger partial charge in [-0.1, -0.05) is 73.1 Å². The molecule has 3 nitrogen and oxygen atoms in total. The third kappa shape index (κ3) is 3.19. The summed E-state index contributed by atoms with van der Waals surface area (Å²) in [4.78, 5) is 15.2. The minimum absolute atomic E-state index is 0.0517. The van der Waals surface area contributed by atoms with Crippen molar-refractivity contribution in [1.29, 1.82) is 0 Å². The van der Waals surface area contributed by atoms with Crippen molar-refractivity contribution in [2.45, 2.75) is 38.5 Å². The van der Waals surface area contributed by atoms with Crippen LogP contribution in [0.3, 0.4) is 0 Å². The quantitative estimate of drug-likeness (QED) is 0.638. The number of hydrogen-bond donors (Lipinski definition) is 0. The van der Waals surface area contributed by atoms with E-state index in [1.165, 1.54) is 0 Å². The number of hydrogen-bond acceptors (Lipinski definition) is 2. The molecule has 0 radical (unpaired) electrons. The summed E-state index contributed by atoms with van der Waals surface area (Å²) in [5, 5.41) is 0.672. The lowest BCUT2D eigenvalue weighted by molar-refractivity contribution is -0.162. The van der Waals surface area contributed by atoms with E-state index in [-0.39, 0.29) is 5.91 Å². The molecule has 2 aromatic carbocycles. The molecule has 28 heavy (non-hydrogen) atoms. The molecule has 0 aromatic heterocycles. The Labute approximate surface area is 171 Å². The number of nitrogens with zero attached hydrogens (tertiary/aromatic N) is 1. The summed E-state index contributed by atoms with van der Waals surface area (Å²) >= 11 is 6.16. The van der Waals surface area contributed by atoms with Crippen LogP contribution in [0.15, 0.2) is 77.9 Å². The van der Waals surface area contributed by atoms with Crippen LogP contribution in [0.2, 0.25) is 5.02 Å².